The lowest BCUT2D eigenvalue weighted by Gasteiger charge is -2.35. The average Bonchev–Trinajstić information content (AvgIpc) is 3.76. The summed E-state index contributed by atoms with van der Waals surface area (Å²) in [6.45, 7) is 0. The third kappa shape index (κ3) is 7.00. The van der Waals surface area contributed by atoms with E-state index in [0.717, 1.165) is 47.3 Å². The molecule has 5 aliphatic heterocycles. The minimum atomic E-state index is -4.67. The molecule has 12 nitrogen and oxygen atoms in total. The fourth-order valence-corrected chi connectivity index (χ4v) is 12.0. The van der Waals surface area contributed by atoms with E-state index in [0.29, 0.717) is 49.3 Å². The molecule has 10 N–H and O–H groups in total. The highest BCUT2D eigenvalue weighted by Crippen LogP contribution is 2.45. The number of fused-ring (bicyclic) bond motifs is 20. The molecule has 8 atom stereocenters. The number of hydrogen-bond donors (Lipinski definition) is 10. The summed E-state index contributed by atoms with van der Waals surface area (Å²) < 4.78 is 31.6. The van der Waals surface area contributed by atoms with Crippen molar-refractivity contribution in [2.75, 3.05) is 0 Å². The van der Waals surface area contributed by atoms with Gasteiger partial charge in [-0.25, -0.2) is 0 Å². The van der Waals surface area contributed by atoms with Crippen LogP contribution in [0.15, 0.2) is 0 Å². The van der Waals surface area contributed by atoms with E-state index in [1.54, 1.807) is 0 Å². The molecule has 4 saturated carbocycles. The molecule has 4 aliphatic carbocycles. The highest BCUT2D eigenvalue weighted by Gasteiger charge is 2.54. The third-order valence-corrected chi connectivity index (χ3v) is 13.8. The van der Waals surface area contributed by atoms with Gasteiger partial charge in [-0.3, -0.25) is 51.6 Å². The first-order valence-electron chi connectivity index (χ1n) is 18.6. The monoisotopic (exact) mass is 680 g/mol. The van der Waals surface area contributed by atoms with Gasteiger partial charge in [0.2, 0.25) is 0 Å². The van der Waals surface area contributed by atoms with Gasteiger partial charge in [-0.1, -0.05) is 51.4 Å². The Labute approximate surface area is 286 Å². The van der Waals surface area contributed by atoms with Crippen LogP contribution in [0.3, 0.4) is 0 Å². The van der Waals surface area contributed by atoms with Crippen molar-refractivity contribution in [2.24, 2.45) is 47.3 Å². The van der Waals surface area contributed by atoms with Gasteiger partial charge in [0.1, 0.15) is 0 Å². The second-order valence-corrected chi connectivity index (χ2v) is 16.9. The van der Waals surface area contributed by atoms with Crippen LogP contribution in [0.5, 0.6) is 0 Å². The van der Waals surface area contributed by atoms with Crippen molar-refractivity contribution in [3.05, 3.63) is 0 Å². The van der Waals surface area contributed by atoms with Gasteiger partial charge >= 0.3 is 10.4 Å². The van der Waals surface area contributed by atoms with E-state index in [-0.39, 0.29) is 17.4 Å². The summed E-state index contributed by atoms with van der Waals surface area (Å²) in [7, 11) is -4.67. The van der Waals surface area contributed by atoms with E-state index in [4.69, 9.17) is 17.5 Å². The van der Waals surface area contributed by atoms with E-state index in [9.17, 15) is 0 Å². The fourth-order valence-electron chi connectivity index (χ4n) is 12.0. The Morgan fingerprint density at radius 2 is 0.435 bits per heavy atom. The summed E-state index contributed by atoms with van der Waals surface area (Å²) in [5.74, 6) is 5.97. The van der Waals surface area contributed by atoms with Crippen molar-refractivity contribution in [3.8, 4) is 0 Å². The Balaban J connectivity index is 0.000000526. The SMILES string of the molecule is C1CCC2C3NC(NC4NC(NC5NC(NC6NC(N3)C3CCCCC63)C3CCCCC53)C3CCCCC43)C2C1.O=S(=O)(O)O.[AlH3]. The average molecular weight is 681 g/mol. The molecular weight excluding hydrogens is 619 g/mol. The van der Waals surface area contributed by atoms with Crippen molar-refractivity contribution in [1.29, 1.82) is 0 Å². The molecule has 8 bridgehead atoms. The number of nitrogens with one attached hydrogen (secondary N) is 8. The molecule has 0 aromatic rings. The van der Waals surface area contributed by atoms with Crippen LogP contribution in [0.1, 0.15) is 103 Å². The van der Waals surface area contributed by atoms with Gasteiger partial charge in [0, 0.05) is 0 Å². The molecule has 14 heteroatoms. The Morgan fingerprint density at radius 3 is 0.543 bits per heavy atom. The van der Waals surface area contributed by atoms with E-state index < -0.39 is 10.4 Å². The lowest BCUT2D eigenvalue weighted by molar-refractivity contribution is 0.167. The topological polar surface area (TPSA) is 171 Å². The van der Waals surface area contributed by atoms with Crippen LogP contribution in [-0.4, -0.2) is 84.2 Å². The first kappa shape index (κ1) is 34.5. The third-order valence-electron chi connectivity index (χ3n) is 13.8. The van der Waals surface area contributed by atoms with Crippen LogP contribution < -0.4 is 42.5 Å². The molecule has 46 heavy (non-hydrogen) atoms. The zero-order chi connectivity index (χ0) is 30.7. The quantitative estimate of drug-likeness (QED) is 0.129. The molecule has 9 rings (SSSR count). The highest BCUT2D eigenvalue weighted by molar-refractivity contribution is 7.79. The smallest absolute Gasteiger partial charge is 0.286 e. The van der Waals surface area contributed by atoms with E-state index in [1.807, 2.05) is 0 Å². The van der Waals surface area contributed by atoms with Gasteiger partial charge in [0.15, 0.2) is 17.4 Å². The number of hydrogen-bond acceptors (Lipinski definition) is 10. The summed E-state index contributed by atoms with van der Waals surface area (Å²) in [4.78, 5) is 0. The lowest BCUT2D eigenvalue weighted by atomic mass is 9.76. The van der Waals surface area contributed by atoms with Crippen LogP contribution in [-0.2, 0) is 10.4 Å². The van der Waals surface area contributed by atoms with Crippen molar-refractivity contribution < 1.29 is 17.5 Å². The molecular formula is C32H61AlN8O4S. The van der Waals surface area contributed by atoms with Crippen LogP contribution in [0, 0.1) is 47.3 Å². The van der Waals surface area contributed by atoms with Gasteiger partial charge in [-0.05, 0) is 98.7 Å². The number of rotatable bonds is 0. The predicted octanol–water partition coefficient (Wildman–Crippen LogP) is 0.769. The van der Waals surface area contributed by atoms with Crippen LogP contribution in [0.2, 0.25) is 0 Å². The second-order valence-electron chi connectivity index (χ2n) is 16.1. The first-order valence-corrected chi connectivity index (χ1v) is 20.0. The van der Waals surface area contributed by atoms with Crippen molar-refractivity contribution in [2.45, 2.75) is 152 Å². The van der Waals surface area contributed by atoms with E-state index >= 15 is 0 Å². The minimum absolute atomic E-state index is 0. The molecule has 9 aliphatic rings. The molecule has 0 aromatic heterocycles. The Morgan fingerprint density at radius 1 is 0.326 bits per heavy atom. The minimum Gasteiger partial charge on any atom is -0.286 e. The Hall–Kier alpha value is 0.0825. The zero-order valence-corrected chi connectivity index (χ0v) is 27.5. The molecule has 0 spiro atoms. The van der Waals surface area contributed by atoms with Crippen LogP contribution in [0.4, 0.5) is 0 Å². The van der Waals surface area contributed by atoms with Gasteiger partial charge in [0.25, 0.3) is 0 Å². The lowest BCUT2D eigenvalue weighted by Crippen LogP contribution is -2.61. The van der Waals surface area contributed by atoms with Crippen molar-refractivity contribution in [1.82, 2.24) is 42.5 Å². The van der Waals surface area contributed by atoms with Crippen LogP contribution >= 0.6 is 0 Å². The van der Waals surface area contributed by atoms with E-state index in [1.165, 1.54) is 103 Å². The molecule has 0 amide bonds. The normalized spacial score (nSPS) is 51.3. The highest BCUT2D eigenvalue weighted by atomic mass is 32.3. The molecule has 0 aromatic carbocycles. The second kappa shape index (κ2) is 14.4. The summed E-state index contributed by atoms with van der Waals surface area (Å²) in [6.07, 6.45) is 25.6. The van der Waals surface area contributed by atoms with Gasteiger partial charge < -0.3 is 0 Å². The zero-order valence-electron chi connectivity index (χ0n) is 26.7. The molecule has 5 saturated heterocycles. The maximum atomic E-state index is 8.74. The van der Waals surface area contributed by atoms with Crippen LogP contribution in [0.25, 0.3) is 0 Å². The van der Waals surface area contributed by atoms with Crippen molar-refractivity contribution in [3.63, 3.8) is 0 Å². The van der Waals surface area contributed by atoms with E-state index in [2.05, 4.69) is 42.5 Å². The van der Waals surface area contributed by atoms with Crippen molar-refractivity contribution >= 4 is 27.8 Å². The molecule has 9 fully saturated rings. The fraction of sp³-hybridized carbons (Fsp3) is 1.00. The largest absolute Gasteiger partial charge is 0.394 e. The van der Waals surface area contributed by atoms with Gasteiger partial charge in [-0.2, -0.15) is 8.42 Å². The summed E-state index contributed by atoms with van der Waals surface area (Å²) in [5, 5.41) is 33.8. The maximum Gasteiger partial charge on any atom is 0.394 e. The first-order chi connectivity index (χ1) is 21.8. The molecule has 8 unspecified atom stereocenters. The summed E-state index contributed by atoms with van der Waals surface area (Å²) >= 11 is 0. The predicted molar refractivity (Wildman–Crippen MR) is 181 cm³/mol. The molecule has 262 valence electrons. The standard InChI is InChI=1S/C32H56N8.Al.H2O4S.3H/c1-2-10-18-17(9-1)25-33-26(18)38-28-21-13-5-6-14-22(21)30(35-28)40-32-24-16-8-7-15-23(24)31(36-32)39-29-20-12-4-3-11-19(20)27(34-29)37-25;;1-5(2,3)4;;;/h17-40H,1-16H2;;(H2,1,2,3,4);;;. The Bertz CT molecular complexity index is 941. The van der Waals surface area contributed by atoms with Gasteiger partial charge in [-0.15, -0.1) is 0 Å². The Kier molecular flexibility index (Phi) is 10.8. The maximum absolute atomic E-state index is 8.74. The summed E-state index contributed by atoms with van der Waals surface area (Å²) in [5.41, 5.74) is 0. The summed E-state index contributed by atoms with van der Waals surface area (Å²) in [6, 6.07) is 0. The molecule has 0 radical (unpaired) electrons. The molecule has 5 heterocycles. The van der Waals surface area contributed by atoms with Gasteiger partial charge in [0.05, 0.1) is 49.3 Å².